The van der Waals surface area contributed by atoms with E-state index in [1.54, 1.807) is 11.0 Å². The number of nitrogens with two attached hydrogens (primary N) is 1. The van der Waals surface area contributed by atoms with Crippen molar-refractivity contribution in [2.75, 3.05) is 13.1 Å². The van der Waals surface area contributed by atoms with Crippen molar-refractivity contribution < 1.29 is 9.18 Å². The summed E-state index contributed by atoms with van der Waals surface area (Å²) >= 11 is 3.04. The highest BCUT2D eigenvalue weighted by atomic mass is 79.9. The van der Waals surface area contributed by atoms with E-state index >= 15 is 0 Å². The third-order valence-corrected chi connectivity index (χ3v) is 3.01. The lowest BCUT2D eigenvalue weighted by Gasteiger charge is -2.36. The maximum absolute atomic E-state index is 13.2. The molecule has 1 aliphatic heterocycles. The predicted octanol–water partition coefficient (Wildman–Crippen LogP) is 1.37. The first kappa shape index (κ1) is 10.6. The van der Waals surface area contributed by atoms with E-state index in [-0.39, 0.29) is 11.9 Å². The van der Waals surface area contributed by atoms with Crippen molar-refractivity contribution in [2.24, 2.45) is 5.73 Å². The van der Waals surface area contributed by atoms with E-state index in [1.807, 2.05) is 0 Å². The molecule has 0 atom stereocenters. The zero-order valence-electron chi connectivity index (χ0n) is 7.91. The quantitative estimate of drug-likeness (QED) is 0.840. The fourth-order valence-electron chi connectivity index (χ4n) is 1.49. The second-order valence-electron chi connectivity index (χ2n) is 3.60. The number of hydrogen-bond donors (Lipinski definition) is 1. The maximum atomic E-state index is 13.2. The molecule has 0 aromatic heterocycles. The Kier molecular flexibility index (Phi) is 2.75. The highest BCUT2D eigenvalue weighted by molar-refractivity contribution is 9.10. The van der Waals surface area contributed by atoms with Gasteiger partial charge in [-0.2, -0.15) is 0 Å². The van der Waals surface area contributed by atoms with Gasteiger partial charge in [-0.1, -0.05) is 0 Å². The smallest absolute Gasteiger partial charge is 0.254 e. The molecule has 0 unspecified atom stereocenters. The first-order valence-corrected chi connectivity index (χ1v) is 5.37. The second kappa shape index (κ2) is 3.90. The topological polar surface area (TPSA) is 46.3 Å². The van der Waals surface area contributed by atoms with E-state index in [4.69, 9.17) is 5.73 Å². The van der Waals surface area contributed by atoms with Crippen molar-refractivity contribution in [1.29, 1.82) is 0 Å². The summed E-state index contributed by atoms with van der Waals surface area (Å²) in [4.78, 5) is 13.3. The lowest BCUT2D eigenvalue weighted by molar-refractivity contribution is 0.0607. The Labute approximate surface area is 95.2 Å². The molecule has 1 aromatic carbocycles. The van der Waals surface area contributed by atoms with Crippen LogP contribution in [0.15, 0.2) is 22.7 Å². The van der Waals surface area contributed by atoms with E-state index in [0.29, 0.717) is 23.1 Å². The molecule has 0 saturated carbocycles. The summed E-state index contributed by atoms with van der Waals surface area (Å²) in [7, 11) is 0. The molecule has 1 fully saturated rings. The van der Waals surface area contributed by atoms with Crippen LogP contribution in [-0.2, 0) is 0 Å². The Hall–Kier alpha value is -0.940. The van der Waals surface area contributed by atoms with Gasteiger partial charge in [-0.25, -0.2) is 4.39 Å². The standard InChI is InChI=1S/C10H10BrFN2O/c11-8-2-1-6(3-9(8)12)10(15)14-4-7(13)5-14/h1-3,7H,4-5,13H2. The minimum atomic E-state index is -0.425. The van der Waals surface area contributed by atoms with Crippen molar-refractivity contribution >= 4 is 21.8 Å². The number of halogens is 2. The van der Waals surface area contributed by atoms with Crippen LogP contribution in [0.25, 0.3) is 0 Å². The first-order valence-electron chi connectivity index (χ1n) is 4.58. The van der Waals surface area contributed by atoms with Crippen molar-refractivity contribution in [3.63, 3.8) is 0 Å². The molecule has 0 aliphatic carbocycles. The minimum absolute atomic E-state index is 0.0641. The molecule has 15 heavy (non-hydrogen) atoms. The van der Waals surface area contributed by atoms with Crippen LogP contribution in [-0.4, -0.2) is 29.9 Å². The molecular formula is C10H10BrFN2O. The van der Waals surface area contributed by atoms with Gasteiger partial charge in [0.1, 0.15) is 5.82 Å². The summed E-state index contributed by atoms with van der Waals surface area (Å²) in [6.45, 7) is 1.10. The van der Waals surface area contributed by atoms with Gasteiger partial charge in [0.25, 0.3) is 5.91 Å². The van der Waals surface area contributed by atoms with E-state index in [1.165, 1.54) is 12.1 Å². The maximum Gasteiger partial charge on any atom is 0.254 e. The van der Waals surface area contributed by atoms with Gasteiger partial charge in [0, 0.05) is 24.7 Å². The molecule has 1 amide bonds. The van der Waals surface area contributed by atoms with Crippen LogP contribution in [0.4, 0.5) is 4.39 Å². The van der Waals surface area contributed by atoms with Crippen molar-refractivity contribution in [1.82, 2.24) is 4.90 Å². The van der Waals surface area contributed by atoms with Crippen molar-refractivity contribution in [2.45, 2.75) is 6.04 Å². The Morgan fingerprint density at radius 2 is 2.20 bits per heavy atom. The Morgan fingerprint density at radius 3 is 2.73 bits per heavy atom. The van der Waals surface area contributed by atoms with Crippen molar-refractivity contribution in [3.8, 4) is 0 Å². The molecule has 1 saturated heterocycles. The van der Waals surface area contributed by atoms with Gasteiger partial charge in [-0.3, -0.25) is 4.79 Å². The lowest BCUT2D eigenvalue weighted by Crippen LogP contribution is -2.57. The summed E-state index contributed by atoms with van der Waals surface area (Å²) in [6, 6.07) is 4.42. The molecule has 0 spiro atoms. The Morgan fingerprint density at radius 1 is 1.53 bits per heavy atom. The fourth-order valence-corrected chi connectivity index (χ4v) is 1.74. The third kappa shape index (κ3) is 2.03. The molecular weight excluding hydrogens is 263 g/mol. The number of nitrogens with zero attached hydrogens (tertiary/aromatic N) is 1. The number of carbonyl (C=O) groups is 1. The van der Waals surface area contributed by atoms with Gasteiger partial charge < -0.3 is 10.6 Å². The van der Waals surface area contributed by atoms with E-state index in [0.717, 1.165) is 0 Å². The van der Waals surface area contributed by atoms with Crippen LogP contribution in [0.5, 0.6) is 0 Å². The number of likely N-dealkylation sites (tertiary alicyclic amines) is 1. The number of benzene rings is 1. The summed E-state index contributed by atoms with van der Waals surface area (Å²) in [5, 5.41) is 0. The summed E-state index contributed by atoms with van der Waals surface area (Å²) in [6.07, 6.45) is 0. The van der Waals surface area contributed by atoms with Gasteiger partial charge in [-0.05, 0) is 34.1 Å². The predicted molar refractivity (Wildman–Crippen MR) is 58.0 cm³/mol. The van der Waals surface area contributed by atoms with Crippen LogP contribution in [0.1, 0.15) is 10.4 Å². The van der Waals surface area contributed by atoms with Gasteiger partial charge in [0.05, 0.1) is 4.47 Å². The number of amides is 1. The molecule has 1 aliphatic rings. The zero-order chi connectivity index (χ0) is 11.0. The van der Waals surface area contributed by atoms with E-state index < -0.39 is 5.82 Å². The molecule has 1 aromatic rings. The first-order chi connectivity index (χ1) is 7.08. The lowest BCUT2D eigenvalue weighted by atomic mass is 10.1. The molecule has 2 rings (SSSR count). The van der Waals surface area contributed by atoms with Crippen LogP contribution in [0.2, 0.25) is 0 Å². The molecule has 1 heterocycles. The van der Waals surface area contributed by atoms with Gasteiger partial charge in [0.15, 0.2) is 0 Å². The Balaban J connectivity index is 2.16. The highest BCUT2D eigenvalue weighted by Gasteiger charge is 2.28. The summed E-state index contributed by atoms with van der Waals surface area (Å²) in [5.74, 6) is -0.589. The van der Waals surface area contributed by atoms with Crippen LogP contribution < -0.4 is 5.73 Å². The SMILES string of the molecule is NC1CN(C(=O)c2ccc(Br)c(F)c2)C1. The second-order valence-corrected chi connectivity index (χ2v) is 4.45. The van der Waals surface area contributed by atoms with Gasteiger partial charge in [0.2, 0.25) is 0 Å². The molecule has 5 heteroatoms. The van der Waals surface area contributed by atoms with Crippen LogP contribution in [0.3, 0.4) is 0 Å². The number of rotatable bonds is 1. The Bertz CT molecular complexity index is 404. The molecule has 3 nitrogen and oxygen atoms in total. The highest BCUT2D eigenvalue weighted by Crippen LogP contribution is 2.19. The van der Waals surface area contributed by atoms with E-state index in [2.05, 4.69) is 15.9 Å². The number of hydrogen-bond acceptors (Lipinski definition) is 2. The average molecular weight is 273 g/mol. The van der Waals surface area contributed by atoms with Crippen LogP contribution in [0, 0.1) is 5.82 Å². The van der Waals surface area contributed by atoms with Gasteiger partial charge >= 0.3 is 0 Å². The van der Waals surface area contributed by atoms with Gasteiger partial charge in [-0.15, -0.1) is 0 Å². The third-order valence-electron chi connectivity index (χ3n) is 2.36. The summed E-state index contributed by atoms with van der Waals surface area (Å²) in [5.41, 5.74) is 5.93. The van der Waals surface area contributed by atoms with E-state index in [9.17, 15) is 9.18 Å². The number of carbonyl (C=O) groups excluding carboxylic acids is 1. The zero-order valence-corrected chi connectivity index (χ0v) is 9.50. The van der Waals surface area contributed by atoms with Crippen molar-refractivity contribution in [3.05, 3.63) is 34.1 Å². The van der Waals surface area contributed by atoms with Crippen LogP contribution >= 0.6 is 15.9 Å². The normalized spacial score (nSPS) is 16.3. The molecule has 80 valence electrons. The average Bonchev–Trinajstić information content (AvgIpc) is 2.16. The fraction of sp³-hybridized carbons (Fsp3) is 0.300. The molecule has 0 radical (unpaired) electrons. The molecule has 2 N–H and O–H groups in total. The largest absolute Gasteiger partial charge is 0.335 e. The summed E-state index contributed by atoms with van der Waals surface area (Å²) < 4.78 is 13.5. The monoisotopic (exact) mass is 272 g/mol. The minimum Gasteiger partial charge on any atom is -0.335 e. The molecule has 0 bridgehead atoms.